The Hall–Kier alpha value is -1.90. The molecule has 0 radical (unpaired) electrons. The molecule has 1 N–H and O–H groups in total. The maximum absolute atomic E-state index is 12.1. The number of nitrogens with one attached hydrogen (secondary N) is 1. The van der Waals surface area contributed by atoms with Crippen LogP contribution in [-0.2, 0) is 4.79 Å². The van der Waals surface area contributed by atoms with Crippen LogP contribution in [0.5, 0.6) is 0 Å². The molecule has 2 rings (SSSR count). The van der Waals surface area contributed by atoms with Gasteiger partial charge >= 0.3 is 0 Å². The fourth-order valence-electron chi connectivity index (χ4n) is 2.56. The molecule has 1 aliphatic rings. The normalized spacial score (nSPS) is 15.8. The number of terminal acetylenes is 1. The van der Waals surface area contributed by atoms with Gasteiger partial charge in [-0.05, 0) is 31.8 Å². The second-order valence-corrected chi connectivity index (χ2v) is 6.66. The Morgan fingerprint density at radius 3 is 2.54 bits per heavy atom. The van der Waals surface area contributed by atoms with Crippen molar-refractivity contribution in [1.82, 2.24) is 10.2 Å². The minimum atomic E-state index is -0.402. The minimum absolute atomic E-state index is 0.00759. The number of rotatable bonds is 9. The summed E-state index contributed by atoms with van der Waals surface area (Å²) in [6.07, 6.45) is 7.64. The summed E-state index contributed by atoms with van der Waals surface area (Å²) in [5, 5.41) is 11.8. The van der Waals surface area contributed by atoms with Crippen molar-refractivity contribution in [1.29, 1.82) is 0 Å². The Bertz CT molecular complexity index is 627. The first-order valence-corrected chi connectivity index (χ1v) is 8.40. The SMILES string of the molecule is C#CCCC1(CCC(=O)NCC(c2ccc(Cl)cc2)N(C)C)N=N1. The van der Waals surface area contributed by atoms with Gasteiger partial charge in [0.2, 0.25) is 5.91 Å². The van der Waals surface area contributed by atoms with E-state index in [0.29, 0.717) is 30.8 Å². The van der Waals surface area contributed by atoms with E-state index in [1.165, 1.54) is 0 Å². The monoisotopic (exact) mass is 346 g/mol. The van der Waals surface area contributed by atoms with E-state index in [2.05, 4.69) is 26.4 Å². The number of nitrogens with zero attached hydrogens (tertiary/aromatic N) is 3. The van der Waals surface area contributed by atoms with E-state index in [4.69, 9.17) is 18.0 Å². The highest BCUT2D eigenvalue weighted by Crippen LogP contribution is 2.37. The van der Waals surface area contributed by atoms with Crippen molar-refractivity contribution in [3.8, 4) is 12.3 Å². The van der Waals surface area contributed by atoms with Crippen molar-refractivity contribution < 1.29 is 4.79 Å². The summed E-state index contributed by atoms with van der Waals surface area (Å²) < 4.78 is 0. The van der Waals surface area contributed by atoms with Crippen molar-refractivity contribution in [2.45, 2.75) is 37.4 Å². The van der Waals surface area contributed by atoms with Crippen molar-refractivity contribution in [3.05, 3.63) is 34.9 Å². The van der Waals surface area contributed by atoms with Gasteiger partial charge in [-0.2, -0.15) is 10.2 Å². The minimum Gasteiger partial charge on any atom is -0.354 e. The lowest BCUT2D eigenvalue weighted by Crippen LogP contribution is -2.35. The first-order valence-electron chi connectivity index (χ1n) is 8.02. The van der Waals surface area contributed by atoms with Crippen molar-refractivity contribution in [2.75, 3.05) is 20.6 Å². The number of benzene rings is 1. The van der Waals surface area contributed by atoms with Crippen LogP contribution < -0.4 is 5.32 Å². The van der Waals surface area contributed by atoms with Crippen LogP contribution in [0.15, 0.2) is 34.5 Å². The number of halogens is 1. The summed E-state index contributed by atoms with van der Waals surface area (Å²) in [6.45, 7) is 0.541. The average molecular weight is 347 g/mol. The van der Waals surface area contributed by atoms with Gasteiger partial charge in [-0.25, -0.2) is 0 Å². The fraction of sp³-hybridized carbons (Fsp3) is 0.500. The van der Waals surface area contributed by atoms with Crippen LogP contribution in [0.2, 0.25) is 5.02 Å². The first kappa shape index (κ1) is 18.4. The molecule has 1 atom stereocenters. The summed E-state index contributed by atoms with van der Waals surface area (Å²) in [5.74, 6) is 2.60. The molecular weight excluding hydrogens is 324 g/mol. The molecule has 1 aromatic carbocycles. The fourth-order valence-corrected chi connectivity index (χ4v) is 2.69. The van der Waals surface area contributed by atoms with Crippen LogP contribution in [0.25, 0.3) is 0 Å². The quantitative estimate of drug-likeness (QED) is 0.696. The summed E-state index contributed by atoms with van der Waals surface area (Å²) in [4.78, 5) is 14.2. The van der Waals surface area contributed by atoms with Crippen molar-refractivity contribution in [2.24, 2.45) is 10.2 Å². The van der Waals surface area contributed by atoms with E-state index >= 15 is 0 Å². The Kier molecular flexibility index (Phi) is 6.36. The molecule has 0 bridgehead atoms. The molecule has 6 heteroatoms. The Labute approximate surface area is 148 Å². The Morgan fingerprint density at radius 1 is 1.33 bits per heavy atom. The summed E-state index contributed by atoms with van der Waals surface area (Å²) in [5.41, 5.74) is 0.711. The highest BCUT2D eigenvalue weighted by Gasteiger charge is 2.39. The van der Waals surface area contributed by atoms with Crippen LogP contribution in [0.1, 0.15) is 37.3 Å². The van der Waals surface area contributed by atoms with Crippen molar-refractivity contribution in [3.63, 3.8) is 0 Å². The number of likely N-dealkylation sites (N-methyl/N-ethyl adjacent to an activating group) is 1. The second kappa shape index (κ2) is 8.27. The van der Waals surface area contributed by atoms with E-state index in [-0.39, 0.29) is 11.9 Å². The highest BCUT2D eigenvalue weighted by molar-refractivity contribution is 6.30. The Balaban J connectivity index is 1.80. The van der Waals surface area contributed by atoms with Crippen LogP contribution >= 0.6 is 11.6 Å². The van der Waals surface area contributed by atoms with Gasteiger partial charge in [0, 0.05) is 37.3 Å². The zero-order valence-corrected chi connectivity index (χ0v) is 14.9. The first-order chi connectivity index (χ1) is 11.5. The predicted molar refractivity (Wildman–Crippen MR) is 95.8 cm³/mol. The maximum Gasteiger partial charge on any atom is 0.220 e. The second-order valence-electron chi connectivity index (χ2n) is 6.22. The molecule has 1 amide bonds. The molecule has 24 heavy (non-hydrogen) atoms. The van der Waals surface area contributed by atoms with Gasteiger partial charge in [0.15, 0.2) is 5.66 Å². The summed E-state index contributed by atoms with van der Waals surface area (Å²) >= 11 is 5.94. The lowest BCUT2D eigenvalue weighted by atomic mass is 10.0. The van der Waals surface area contributed by atoms with E-state index in [0.717, 1.165) is 12.0 Å². The topological polar surface area (TPSA) is 57.1 Å². The number of carbonyl (C=O) groups excluding carboxylic acids is 1. The van der Waals surface area contributed by atoms with Crippen molar-refractivity contribution >= 4 is 17.5 Å². The number of hydrogen-bond donors (Lipinski definition) is 1. The average Bonchev–Trinajstić information content (AvgIpc) is 3.33. The molecule has 1 unspecified atom stereocenters. The highest BCUT2D eigenvalue weighted by atomic mass is 35.5. The molecule has 1 heterocycles. The molecule has 0 aromatic heterocycles. The van der Waals surface area contributed by atoms with Gasteiger partial charge in [-0.15, -0.1) is 12.3 Å². The van der Waals surface area contributed by atoms with Crippen LogP contribution in [0.4, 0.5) is 0 Å². The molecule has 128 valence electrons. The molecule has 1 aliphatic heterocycles. The molecule has 0 saturated heterocycles. The van der Waals surface area contributed by atoms with Gasteiger partial charge in [-0.1, -0.05) is 23.7 Å². The number of amides is 1. The molecule has 0 saturated carbocycles. The van der Waals surface area contributed by atoms with E-state index in [1.807, 2.05) is 38.4 Å². The standard InChI is InChI=1S/C18H23ClN4O/c1-4-5-11-18(21-22-18)12-10-17(24)20-13-16(23(2)3)14-6-8-15(19)9-7-14/h1,6-9,16H,5,10-13H2,2-3H3,(H,20,24). The van der Waals surface area contributed by atoms with Crippen LogP contribution in [-0.4, -0.2) is 37.1 Å². The Morgan fingerprint density at radius 2 is 2.00 bits per heavy atom. The molecule has 0 aliphatic carbocycles. The third-order valence-electron chi connectivity index (χ3n) is 4.18. The lowest BCUT2D eigenvalue weighted by Gasteiger charge is -2.25. The summed E-state index contributed by atoms with van der Waals surface area (Å²) in [6, 6.07) is 7.78. The zero-order valence-electron chi connectivity index (χ0n) is 14.1. The molecule has 0 spiro atoms. The molecule has 5 nitrogen and oxygen atoms in total. The third kappa shape index (κ3) is 5.33. The smallest absolute Gasteiger partial charge is 0.220 e. The zero-order chi connectivity index (χ0) is 17.6. The summed E-state index contributed by atoms with van der Waals surface area (Å²) in [7, 11) is 3.98. The van der Waals surface area contributed by atoms with E-state index in [9.17, 15) is 4.79 Å². The largest absolute Gasteiger partial charge is 0.354 e. The third-order valence-corrected chi connectivity index (χ3v) is 4.43. The molecule has 0 fully saturated rings. The van der Waals surface area contributed by atoms with E-state index < -0.39 is 5.66 Å². The molecule has 1 aromatic rings. The number of hydrogen-bond acceptors (Lipinski definition) is 4. The van der Waals surface area contributed by atoms with Gasteiger partial charge in [0.05, 0.1) is 6.04 Å². The van der Waals surface area contributed by atoms with Gasteiger partial charge in [-0.3, -0.25) is 4.79 Å². The lowest BCUT2D eigenvalue weighted by molar-refractivity contribution is -0.121. The van der Waals surface area contributed by atoms with Crippen LogP contribution in [0.3, 0.4) is 0 Å². The molecular formula is C18H23ClN4O. The maximum atomic E-state index is 12.1. The van der Waals surface area contributed by atoms with Gasteiger partial charge < -0.3 is 10.2 Å². The van der Waals surface area contributed by atoms with Crippen LogP contribution in [0, 0.1) is 12.3 Å². The van der Waals surface area contributed by atoms with Gasteiger partial charge in [0.1, 0.15) is 0 Å². The van der Waals surface area contributed by atoms with E-state index in [1.54, 1.807) is 0 Å². The number of carbonyl (C=O) groups is 1. The van der Waals surface area contributed by atoms with Gasteiger partial charge in [0.25, 0.3) is 0 Å². The predicted octanol–water partition coefficient (Wildman–Crippen LogP) is 3.41.